The number of likely N-dealkylation sites (tertiary alicyclic amines) is 1. The first kappa shape index (κ1) is 25.7. The van der Waals surface area contributed by atoms with Crippen molar-refractivity contribution in [2.24, 2.45) is 0 Å². The highest BCUT2D eigenvalue weighted by Crippen LogP contribution is 2.28. The number of carbonyl (C=O) groups is 4. The topological polar surface area (TPSA) is 129 Å². The van der Waals surface area contributed by atoms with E-state index in [4.69, 9.17) is 18.9 Å². The highest BCUT2D eigenvalue weighted by Gasteiger charge is 2.51. The van der Waals surface area contributed by atoms with Crippen LogP contribution in [0.2, 0.25) is 0 Å². The molecule has 35 heavy (non-hydrogen) atoms. The lowest BCUT2D eigenvalue weighted by Gasteiger charge is -2.45. The van der Waals surface area contributed by atoms with Gasteiger partial charge in [-0.1, -0.05) is 48.5 Å². The molecule has 0 aliphatic carbocycles. The monoisotopic (exact) mass is 485 g/mol. The first-order chi connectivity index (χ1) is 16.8. The zero-order valence-corrected chi connectivity index (χ0v) is 19.4. The van der Waals surface area contributed by atoms with Crippen LogP contribution >= 0.6 is 0 Å². The third kappa shape index (κ3) is 6.80. The van der Waals surface area contributed by atoms with Crippen molar-refractivity contribution < 1.29 is 43.2 Å². The van der Waals surface area contributed by atoms with E-state index in [1.807, 2.05) is 6.07 Å². The normalized spacial score (nSPS) is 21.5. The van der Waals surface area contributed by atoms with Crippen LogP contribution in [0.4, 0.5) is 4.79 Å². The van der Waals surface area contributed by atoms with Crippen molar-refractivity contribution in [1.82, 2.24) is 4.90 Å². The number of carbonyl (C=O) groups excluding carboxylic acids is 4. The van der Waals surface area contributed by atoms with Crippen LogP contribution < -0.4 is 0 Å². The van der Waals surface area contributed by atoms with E-state index in [1.165, 1.54) is 12.1 Å². The molecule has 0 saturated carbocycles. The van der Waals surface area contributed by atoms with Crippen LogP contribution in [0.25, 0.3) is 0 Å². The van der Waals surface area contributed by atoms with Crippen LogP contribution in [-0.4, -0.2) is 71.5 Å². The number of amides is 1. The minimum Gasteiger partial charge on any atom is -0.457 e. The zero-order valence-electron chi connectivity index (χ0n) is 19.4. The van der Waals surface area contributed by atoms with Crippen LogP contribution in [-0.2, 0) is 35.1 Å². The fourth-order valence-electron chi connectivity index (χ4n) is 3.82. The highest BCUT2D eigenvalue weighted by atomic mass is 16.6. The summed E-state index contributed by atoms with van der Waals surface area (Å²) in [5, 5.41) is 10.2. The van der Waals surface area contributed by atoms with Gasteiger partial charge in [-0.3, -0.25) is 14.5 Å². The second kappa shape index (κ2) is 12.0. The molecule has 0 radical (unpaired) electrons. The van der Waals surface area contributed by atoms with Gasteiger partial charge in [0.15, 0.2) is 18.3 Å². The van der Waals surface area contributed by atoms with E-state index in [0.29, 0.717) is 0 Å². The molecule has 4 atom stereocenters. The maximum absolute atomic E-state index is 13.0. The van der Waals surface area contributed by atoms with E-state index < -0.39 is 55.0 Å². The van der Waals surface area contributed by atoms with Gasteiger partial charge in [0.2, 0.25) is 0 Å². The number of hydrogen-bond donors (Lipinski definition) is 1. The van der Waals surface area contributed by atoms with Crippen molar-refractivity contribution >= 4 is 24.0 Å². The highest BCUT2D eigenvalue weighted by molar-refractivity contribution is 5.89. The van der Waals surface area contributed by atoms with Gasteiger partial charge in [0.05, 0.1) is 24.8 Å². The quantitative estimate of drug-likeness (QED) is 0.463. The number of ether oxygens (including phenoxy) is 4. The Bertz CT molecular complexity index is 1030. The number of hydrogen-bond acceptors (Lipinski definition) is 9. The largest absolute Gasteiger partial charge is 0.457 e. The van der Waals surface area contributed by atoms with E-state index in [0.717, 1.165) is 24.3 Å². The maximum Gasteiger partial charge on any atom is 0.410 e. The molecule has 1 fully saturated rings. The summed E-state index contributed by atoms with van der Waals surface area (Å²) >= 11 is 0. The SMILES string of the molecule is CC(=O)O[C@H]1[C@H](OC(=O)c2ccccc2)[C@@H](CO)N(C(=O)OCc2ccccc2)C[C@H]1OC(C)=O. The predicted molar refractivity (Wildman–Crippen MR) is 121 cm³/mol. The van der Waals surface area contributed by atoms with Gasteiger partial charge >= 0.3 is 24.0 Å². The van der Waals surface area contributed by atoms with Crippen molar-refractivity contribution in [2.45, 2.75) is 44.8 Å². The Morgan fingerprint density at radius 1 is 0.857 bits per heavy atom. The van der Waals surface area contributed by atoms with Gasteiger partial charge < -0.3 is 24.1 Å². The second-order valence-electron chi connectivity index (χ2n) is 7.90. The van der Waals surface area contributed by atoms with Crippen molar-refractivity contribution in [3.05, 3.63) is 71.8 Å². The van der Waals surface area contributed by atoms with Gasteiger partial charge in [0.25, 0.3) is 0 Å². The van der Waals surface area contributed by atoms with Gasteiger partial charge in [0, 0.05) is 13.8 Å². The number of esters is 3. The lowest BCUT2D eigenvalue weighted by molar-refractivity contribution is -0.193. The number of piperidine rings is 1. The third-order valence-corrected chi connectivity index (χ3v) is 5.35. The number of aliphatic hydroxyl groups excluding tert-OH is 1. The molecule has 10 heteroatoms. The molecule has 1 amide bonds. The molecule has 2 aromatic rings. The molecule has 0 spiro atoms. The minimum atomic E-state index is -1.35. The zero-order chi connectivity index (χ0) is 25.4. The van der Waals surface area contributed by atoms with E-state index in [2.05, 4.69) is 0 Å². The molecular weight excluding hydrogens is 458 g/mol. The minimum absolute atomic E-state index is 0.0472. The summed E-state index contributed by atoms with van der Waals surface area (Å²) in [4.78, 5) is 50.6. The van der Waals surface area contributed by atoms with E-state index in [-0.39, 0.29) is 18.7 Å². The smallest absolute Gasteiger partial charge is 0.410 e. The number of nitrogens with zero attached hydrogens (tertiary/aromatic N) is 1. The Morgan fingerprint density at radius 2 is 1.46 bits per heavy atom. The van der Waals surface area contributed by atoms with Crippen LogP contribution in [0, 0.1) is 0 Å². The van der Waals surface area contributed by atoms with Gasteiger partial charge in [0.1, 0.15) is 6.61 Å². The van der Waals surface area contributed by atoms with Crippen molar-refractivity contribution in [1.29, 1.82) is 0 Å². The molecule has 0 unspecified atom stereocenters. The maximum atomic E-state index is 13.0. The molecule has 10 nitrogen and oxygen atoms in total. The average molecular weight is 485 g/mol. The van der Waals surface area contributed by atoms with Crippen molar-refractivity contribution in [2.75, 3.05) is 13.2 Å². The predicted octanol–water partition coefficient (Wildman–Crippen LogP) is 2.09. The Hall–Kier alpha value is -3.92. The number of benzene rings is 2. The molecule has 1 N–H and O–H groups in total. The summed E-state index contributed by atoms with van der Waals surface area (Å²) in [5.74, 6) is -2.18. The van der Waals surface area contributed by atoms with Crippen LogP contribution in [0.15, 0.2) is 60.7 Å². The molecule has 1 saturated heterocycles. The summed E-state index contributed by atoms with van der Waals surface area (Å²) in [6, 6.07) is 15.9. The Balaban J connectivity index is 1.90. The van der Waals surface area contributed by atoms with E-state index in [9.17, 15) is 24.3 Å². The summed E-state index contributed by atoms with van der Waals surface area (Å²) in [6.07, 6.45) is -4.61. The molecule has 2 aromatic carbocycles. The fourth-order valence-corrected chi connectivity index (χ4v) is 3.82. The fraction of sp³-hybridized carbons (Fsp3) is 0.360. The first-order valence-corrected chi connectivity index (χ1v) is 11.0. The molecule has 1 aliphatic rings. The summed E-state index contributed by atoms with van der Waals surface area (Å²) in [7, 11) is 0. The van der Waals surface area contributed by atoms with E-state index in [1.54, 1.807) is 42.5 Å². The molecular formula is C25H27NO9. The molecule has 186 valence electrons. The molecule has 0 aromatic heterocycles. The average Bonchev–Trinajstić information content (AvgIpc) is 2.84. The number of rotatable bonds is 7. The molecule has 0 bridgehead atoms. The lowest BCUT2D eigenvalue weighted by Crippen LogP contribution is -2.66. The molecule has 1 aliphatic heterocycles. The van der Waals surface area contributed by atoms with Gasteiger partial charge in [-0.05, 0) is 17.7 Å². The summed E-state index contributed by atoms with van der Waals surface area (Å²) in [5.41, 5.74) is 0.943. The van der Waals surface area contributed by atoms with Gasteiger partial charge in [-0.25, -0.2) is 9.59 Å². The van der Waals surface area contributed by atoms with Crippen LogP contribution in [0.1, 0.15) is 29.8 Å². The molecule has 1 heterocycles. The molecule has 3 rings (SSSR count). The number of aliphatic hydroxyl groups is 1. The van der Waals surface area contributed by atoms with Crippen LogP contribution in [0.5, 0.6) is 0 Å². The summed E-state index contributed by atoms with van der Waals surface area (Å²) < 4.78 is 21.7. The third-order valence-electron chi connectivity index (χ3n) is 5.35. The van der Waals surface area contributed by atoms with Crippen molar-refractivity contribution in [3.63, 3.8) is 0 Å². The second-order valence-corrected chi connectivity index (χ2v) is 7.90. The standard InChI is InChI=1S/C25H27NO9/c1-16(28)33-21-13-26(25(31)32-15-18-9-5-3-6-10-18)20(14-27)22(23(21)34-17(2)29)35-24(30)19-11-7-4-8-12-19/h3-12,20-23,27H,13-15H2,1-2H3/t20-,21-,22-,23-/m1/s1. The summed E-state index contributed by atoms with van der Waals surface area (Å²) in [6.45, 7) is 1.36. The Kier molecular flexibility index (Phi) is 8.80. The Labute approximate surface area is 202 Å². The Morgan fingerprint density at radius 3 is 2.03 bits per heavy atom. The van der Waals surface area contributed by atoms with Crippen molar-refractivity contribution in [3.8, 4) is 0 Å². The van der Waals surface area contributed by atoms with Gasteiger partial charge in [-0.2, -0.15) is 0 Å². The van der Waals surface area contributed by atoms with E-state index >= 15 is 0 Å². The lowest BCUT2D eigenvalue weighted by atomic mass is 9.93. The first-order valence-electron chi connectivity index (χ1n) is 11.0. The van der Waals surface area contributed by atoms with Gasteiger partial charge in [-0.15, -0.1) is 0 Å². The van der Waals surface area contributed by atoms with Crippen LogP contribution in [0.3, 0.4) is 0 Å².